The zero-order valence-corrected chi connectivity index (χ0v) is 8.06. The number of hydrogen-bond acceptors (Lipinski definition) is 2. The van der Waals surface area contributed by atoms with Crippen molar-refractivity contribution < 1.29 is 10.2 Å². The van der Waals surface area contributed by atoms with Gasteiger partial charge in [0.2, 0.25) is 0 Å². The van der Waals surface area contributed by atoms with Gasteiger partial charge in [-0.05, 0) is 13.3 Å². The van der Waals surface area contributed by atoms with Crippen LogP contribution in [0.3, 0.4) is 0 Å². The Balaban J connectivity index is 3.63. The van der Waals surface area contributed by atoms with E-state index in [1.807, 2.05) is 0 Å². The molecule has 3 heteroatoms. The molecule has 0 aromatic carbocycles. The van der Waals surface area contributed by atoms with Crippen molar-refractivity contribution in [3.63, 3.8) is 0 Å². The molecule has 0 heterocycles. The topological polar surface area (TPSA) is 40.5 Å². The minimum Gasteiger partial charge on any atom is -0.387 e. The predicted molar refractivity (Wildman–Crippen MR) is 45.1 cm³/mol. The maximum Gasteiger partial charge on any atom is 0.137 e. The third kappa shape index (κ3) is 3.54. The summed E-state index contributed by atoms with van der Waals surface area (Å²) in [5.74, 6) is 0. The molecule has 0 aliphatic carbocycles. The first kappa shape index (κ1) is 10.4. The molecule has 0 spiro atoms. The fourth-order valence-electron chi connectivity index (χ4n) is 0.654. The van der Waals surface area contributed by atoms with E-state index in [1.165, 1.54) is 0 Å². The Kier molecular flexibility index (Phi) is 4.49. The van der Waals surface area contributed by atoms with Crippen molar-refractivity contribution in [2.24, 2.45) is 0 Å². The smallest absolute Gasteiger partial charge is 0.137 e. The van der Waals surface area contributed by atoms with E-state index < -0.39 is 10.6 Å². The summed E-state index contributed by atoms with van der Waals surface area (Å²) in [7, 11) is 0. The van der Waals surface area contributed by atoms with Crippen LogP contribution in [-0.4, -0.2) is 20.8 Å². The van der Waals surface area contributed by atoms with Gasteiger partial charge in [-0.25, -0.2) is 0 Å². The lowest BCUT2D eigenvalue weighted by atomic mass is 10.0. The first-order valence-electron chi connectivity index (χ1n) is 3.55. The van der Waals surface area contributed by atoms with Crippen LogP contribution in [0.25, 0.3) is 0 Å². The molecule has 2 N–H and O–H groups in total. The van der Waals surface area contributed by atoms with Gasteiger partial charge in [0.05, 0.1) is 5.60 Å². The first-order valence-corrected chi connectivity index (χ1v) is 4.47. The summed E-state index contributed by atoms with van der Waals surface area (Å²) in [6.07, 6.45) is 2.61. The summed E-state index contributed by atoms with van der Waals surface area (Å²) < 4.78 is 0. The molecule has 0 aromatic heterocycles. The molecule has 2 nitrogen and oxygen atoms in total. The van der Waals surface area contributed by atoms with Crippen molar-refractivity contribution in [3.05, 3.63) is 0 Å². The van der Waals surface area contributed by atoms with Crippen LogP contribution in [0.1, 0.15) is 33.1 Å². The molecule has 0 rings (SSSR count). The van der Waals surface area contributed by atoms with Gasteiger partial charge in [0.1, 0.15) is 5.01 Å². The molecule has 0 saturated heterocycles. The van der Waals surface area contributed by atoms with E-state index in [-0.39, 0.29) is 0 Å². The Morgan fingerprint density at radius 2 is 2.10 bits per heavy atom. The number of hydrogen-bond donors (Lipinski definition) is 2. The highest BCUT2D eigenvalue weighted by atomic mass is 79.9. The minimum atomic E-state index is -0.976. The van der Waals surface area contributed by atoms with Crippen LogP contribution < -0.4 is 0 Å². The molecule has 0 amide bonds. The Hall–Kier alpha value is 0.400. The summed E-state index contributed by atoms with van der Waals surface area (Å²) in [5.41, 5.74) is -0.976. The van der Waals surface area contributed by atoms with Crippen LogP contribution in [0.2, 0.25) is 0 Å². The van der Waals surface area contributed by atoms with Gasteiger partial charge < -0.3 is 10.2 Å². The van der Waals surface area contributed by atoms with Crippen molar-refractivity contribution in [1.29, 1.82) is 0 Å². The quantitative estimate of drug-likeness (QED) is 0.694. The van der Waals surface area contributed by atoms with Crippen LogP contribution in [0, 0.1) is 0 Å². The number of unbranched alkanes of at least 4 members (excludes halogenated alkanes) is 1. The monoisotopic (exact) mass is 210 g/mol. The average Bonchev–Trinajstić information content (AvgIpc) is 1.84. The summed E-state index contributed by atoms with van der Waals surface area (Å²) >= 11 is 2.93. The van der Waals surface area contributed by atoms with Crippen LogP contribution >= 0.6 is 15.9 Å². The Labute approximate surface area is 70.4 Å². The van der Waals surface area contributed by atoms with Crippen molar-refractivity contribution >= 4 is 15.9 Å². The van der Waals surface area contributed by atoms with Gasteiger partial charge >= 0.3 is 0 Å². The maximum absolute atomic E-state index is 9.43. The lowest BCUT2D eigenvalue weighted by Crippen LogP contribution is -2.34. The maximum atomic E-state index is 9.43. The molecule has 0 aromatic rings. The number of halogens is 1. The number of aliphatic hydroxyl groups excluding tert-OH is 1. The standard InChI is InChI=1S/C7H15BrO2/c1-3-4-5-7(2,10)6(8)9/h6,9-10H,3-5H2,1-2H3. The lowest BCUT2D eigenvalue weighted by molar-refractivity contribution is -0.0215. The van der Waals surface area contributed by atoms with Crippen LogP contribution in [0.5, 0.6) is 0 Å². The summed E-state index contributed by atoms with van der Waals surface area (Å²) in [5, 5.41) is 17.6. The number of rotatable bonds is 4. The fourth-order valence-corrected chi connectivity index (χ4v) is 0.883. The first-order chi connectivity index (χ1) is 4.50. The average molecular weight is 211 g/mol. The largest absolute Gasteiger partial charge is 0.387 e. The highest BCUT2D eigenvalue weighted by molar-refractivity contribution is 9.09. The molecule has 2 atom stereocenters. The molecule has 0 radical (unpaired) electrons. The van der Waals surface area contributed by atoms with Crippen molar-refractivity contribution in [2.75, 3.05) is 0 Å². The van der Waals surface area contributed by atoms with E-state index >= 15 is 0 Å². The lowest BCUT2D eigenvalue weighted by Gasteiger charge is -2.24. The molecular weight excluding hydrogens is 196 g/mol. The van der Waals surface area contributed by atoms with E-state index in [1.54, 1.807) is 6.92 Å². The fraction of sp³-hybridized carbons (Fsp3) is 1.00. The second kappa shape index (κ2) is 4.31. The third-order valence-corrected chi connectivity index (χ3v) is 2.54. The predicted octanol–water partition coefficient (Wildman–Crippen LogP) is 1.64. The second-order valence-corrected chi connectivity index (χ2v) is 3.66. The van der Waals surface area contributed by atoms with Crippen molar-refractivity contribution in [2.45, 2.75) is 43.7 Å². The van der Waals surface area contributed by atoms with Crippen molar-refractivity contribution in [3.8, 4) is 0 Å². The van der Waals surface area contributed by atoms with Gasteiger partial charge in [-0.1, -0.05) is 35.7 Å². The van der Waals surface area contributed by atoms with E-state index in [9.17, 15) is 5.11 Å². The zero-order valence-electron chi connectivity index (χ0n) is 6.47. The van der Waals surface area contributed by atoms with Gasteiger partial charge in [-0.15, -0.1) is 0 Å². The molecule has 0 saturated carbocycles. The summed E-state index contributed by atoms with van der Waals surface area (Å²) in [4.78, 5) is 0. The SMILES string of the molecule is CCCCC(C)(O)C(O)Br. The molecule has 2 unspecified atom stereocenters. The van der Waals surface area contributed by atoms with Crippen LogP contribution in [-0.2, 0) is 0 Å². The van der Waals surface area contributed by atoms with Crippen LogP contribution in [0.15, 0.2) is 0 Å². The molecule has 0 fully saturated rings. The normalized spacial score (nSPS) is 20.1. The highest BCUT2D eigenvalue weighted by Gasteiger charge is 2.26. The van der Waals surface area contributed by atoms with Gasteiger partial charge in [-0.2, -0.15) is 0 Å². The van der Waals surface area contributed by atoms with E-state index in [0.717, 1.165) is 12.8 Å². The van der Waals surface area contributed by atoms with Gasteiger partial charge in [0.15, 0.2) is 0 Å². The molecule has 0 bridgehead atoms. The number of aliphatic hydroxyl groups is 2. The highest BCUT2D eigenvalue weighted by Crippen LogP contribution is 2.21. The summed E-state index contributed by atoms with van der Waals surface area (Å²) in [6, 6.07) is 0. The van der Waals surface area contributed by atoms with Crippen LogP contribution in [0.4, 0.5) is 0 Å². The van der Waals surface area contributed by atoms with Gasteiger partial charge in [0.25, 0.3) is 0 Å². The van der Waals surface area contributed by atoms with Gasteiger partial charge in [-0.3, -0.25) is 0 Å². The van der Waals surface area contributed by atoms with Gasteiger partial charge in [0, 0.05) is 0 Å². The second-order valence-electron chi connectivity index (χ2n) is 2.80. The van der Waals surface area contributed by atoms with E-state index in [4.69, 9.17) is 5.11 Å². The molecule has 0 aliphatic heterocycles. The Bertz CT molecular complexity index is 91.6. The zero-order chi connectivity index (χ0) is 8.20. The Morgan fingerprint density at radius 3 is 2.40 bits per heavy atom. The van der Waals surface area contributed by atoms with E-state index in [0.29, 0.717) is 6.42 Å². The minimum absolute atomic E-state index is 0.635. The van der Waals surface area contributed by atoms with E-state index in [2.05, 4.69) is 22.9 Å². The molecular formula is C7H15BrO2. The third-order valence-electron chi connectivity index (χ3n) is 1.55. The molecule has 62 valence electrons. The Morgan fingerprint density at radius 1 is 1.60 bits per heavy atom. The molecule has 10 heavy (non-hydrogen) atoms. The summed E-state index contributed by atoms with van der Waals surface area (Å²) in [6.45, 7) is 3.68. The number of alkyl halides is 1. The molecule has 0 aliphatic rings. The van der Waals surface area contributed by atoms with Crippen molar-refractivity contribution in [1.82, 2.24) is 0 Å².